The molecule has 4 heteroatoms. The summed E-state index contributed by atoms with van der Waals surface area (Å²) in [7, 11) is -0.965. The predicted molar refractivity (Wildman–Crippen MR) is 60.3 cm³/mol. The van der Waals surface area contributed by atoms with E-state index in [4.69, 9.17) is 5.26 Å². The Hall–Kier alpha value is -0.660. The maximum absolute atomic E-state index is 11.6. The van der Waals surface area contributed by atoms with Crippen LogP contribution in [0.25, 0.3) is 0 Å². The second-order valence-electron chi connectivity index (χ2n) is 2.77. The lowest BCUT2D eigenvalue weighted by molar-refractivity contribution is 0.681. The first-order valence-electron chi connectivity index (χ1n) is 4.25. The van der Waals surface area contributed by atoms with Crippen LogP contribution in [0.2, 0.25) is 0 Å². The molecule has 0 bridgehead atoms. The zero-order valence-corrected chi connectivity index (χ0v) is 9.97. The zero-order valence-electron chi connectivity index (χ0n) is 7.57. The molecule has 0 aromatic heterocycles. The van der Waals surface area contributed by atoms with E-state index in [0.29, 0.717) is 18.6 Å². The fourth-order valence-corrected chi connectivity index (χ4v) is 2.33. The van der Waals surface area contributed by atoms with E-state index in [1.54, 1.807) is 0 Å². The molecular weight excluding hydrogens is 262 g/mol. The van der Waals surface area contributed by atoms with Crippen molar-refractivity contribution in [3.05, 3.63) is 28.7 Å². The van der Waals surface area contributed by atoms with Crippen molar-refractivity contribution in [2.24, 2.45) is 0 Å². The number of unbranched alkanes of at least 4 members (excludes halogenated alkanes) is 1. The molecule has 0 radical (unpaired) electrons. The van der Waals surface area contributed by atoms with Crippen LogP contribution in [-0.4, -0.2) is 9.96 Å². The largest absolute Gasteiger partial charge is 0.254 e. The van der Waals surface area contributed by atoms with Gasteiger partial charge in [-0.2, -0.15) is 5.26 Å². The van der Waals surface area contributed by atoms with Gasteiger partial charge in [0.2, 0.25) is 0 Å². The van der Waals surface area contributed by atoms with Crippen LogP contribution in [0.15, 0.2) is 33.6 Å². The van der Waals surface area contributed by atoms with E-state index >= 15 is 0 Å². The monoisotopic (exact) mass is 271 g/mol. The van der Waals surface area contributed by atoms with Gasteiger partial charge in [-0.1, -0.05) is 15.9 Å². The van der Waals surface area contributed by atoms with Gasteiger partial charge in [0.05, 0.1) is 16.9 Å². The number of halogens is 1. The van der Waals surface area contributed by atoms with Crippen molar-refractivity contribution < 1.29 is 4.21 Å². The van der Waals surface area contributed by atoms with Crippen LogP contribution in [-0.2, 0) is 10.8 Å². The number of rotatable bonds is 4. The van der Waals surface area contributed by atoms with E-state index in [1.807, 2.05) is 30.3 Å². The van der Waals surface area contributed by atoms with E-state index in [-0.39, 0.29) is 0 Å². The predicted octanol–water partition coefficient (Wildman–Crippen LogP) is 2.86. The Morgan fingerprint density at radius 3 is 2.57 bits per heavy atom. The van der Waals surface area contributed by atoms with Crippen molar-refractivity contribution in [3.63, 3.8) is 0 Å². The van der Waals surface area contributed by atoms with Crippen molar-refractivity contribution in [1.29, 1.82) is 5.26 Å². The molecular formula is C10H10BrNOS. The smallest absolute Gasteiger partial charge is 0.0622 e. The first-order valence-corrected chi connectivity index (χ1v) is 6.36. The average molecular weight is 272 g/mol. The van der Waals surface area contributed by atoms with E-state index in [1.165, 1.54) is 0 Å². The molecule has 2 nitrogen and oxygen atoms in total. The lowest BCUT2D eigenvalue weighted by Gasteiger charge is -2.00. The third-order valence-electron chi connectivity index (χ3n) is 1.69. The Labute approximate surface area is 94.5 Å². The normalized spacial score (nSPS) is 12.0. The highest BCUT2D eigenvalue weighted by atomic mass is 79.9. The molecule has 0 heterocycles. The molecule has 0 amide bonds. The highest BCUT2D eigenvalue weighted by Crippen LogP contribution is 2.14. The van der Waals surface area contributed by atoms with Crippen molar-refractivity contribution in [2.75, 3.05) is 5.75 Å². The Morgan fingerprint density at radius 1 is 1.36 bits per heavy atom. The van der Waals surface area contributed by atoms with Crippen LogP contribution in [0.5, 0.6) is 0 Å². The Bertz CT molecular complexity index is 355. The molecule has 0 spiro atoms. The molecule has 1 atom stereocenters. The Balaban J connectivity index is 2.53. The first-order chi connectivity index (χ1) is 6.74. The molecule has 0 aliphatic heterocycles. The maximum Gasteiger partial charge on any atom is 0.0622 e. The number of nitriles is 1. The average Bonchev–Trinajstić information content (AvgIpc) is 2.19. The van der Waals surface area contributed by atoms with Gasteiger partial charge in [0, 0.05) is 21.5 Å². The number of hydrogen-bond acceptors (Lipinski definition) is 2. The van der Waals surface area contributed by atoms with E-state index in [9.17, 15) is 4.21 Å². The van der Waals surface area contributed by atoms with Crippen LogP contribution in [0.1, 0.15) is 12.8 Å². The number of benzene rings is 1. The maximum atomic E-state index is 11.6. The first kappa shape index (κ1) is 11.4. The van der Waals surface area contributed by atoms with Gasteiger partial charge in [0.15, 0.2) is 0 Å². The topological polar surface area (TPSA) is 40.9 Å². The summed E-state index contributed by atoms with van der Waals surface area (Å²) in [5, 5.41) is 8.33. The summed E-state index contributed by atoms with van der Waals surface area (Å²) in [4.78, 5) is 0.825. The number of hydrogen-bond donors (Lipinski definition) is 0. The SMILES string of the molecule is N#CCCCS(=O)c1ccc(Br)cc1. The van der Waals surface area contributed by atoms with Crippen LogP contribution in [0.3, 0.4) is 0 Å². The molecule has 74 valence electrons. The number of nitrogens with zero attached hydrogens (tertiary/aromatic N) is 1. The van der Waals surface area contributed by atoms with Crippen LogP contribution >= 0.6 is 15.9 Å². The standard InChI is InChI=1S/C10H10BrNOS/c11-9-3-5-10(6-4-9)14(13)8-2-1-7-12/h3-6H,1-2,8H2. The van der Waals surface area contributed by atoms with Gasteiger partial charge in [0.1, 0.15) is 0 Å². The highest BCUT2D eigenvalue weighted by molar-refractivity contribution is 9.10. The minimum atomic E-state index is -0.965. The fraction of sp³-hybridized carbons (Fsp3) is 0.300. The van der Waals surface area contributed by atoms with Crippen LogP contribution in [0.4, 0.5) is 0 Å². The third kappa shape index (κ3) is 3.60. The van der Waals surface area contributed by atoms with E-state index in [2.05, 4.69) is 15.9 Å². The third-order valence-corrected chi connectivity index (χ3v) is 3.68. The molecule has 0 N–H and O–H groups in total. The van der Waals surface area contributed by atoms with E-state index < -0.39 is 10.8 Å². The summed E-state index contributed by atoms with van der Waals surface area (Å²) >= 11 is 3.32. The second-order valence-corrected chi connectivity index (χ2v) is 5.25. The van der Waals surface area contributed by atoms with Gasteiger partial charge in [-0.3, -0.25) is 4.21 Å². The summed E-state index contributed by atoms with van der Waals surface area (Å²) in [5.74, 6) is 0.565. The van der Waals surface area contributed by atoms with Gasteiger partial charge in [-0.25, -0.2) is 0 Å². The fourth-order valence-electron chi connectivity index (χ4n) is 0.987. The van der Waals surface area contributed by atoms with Gasteiger partial charge in [-0.15, -0.1) is 0 Å². The molecule has 14 heavy (non-hydrogen) atoms. The molecule has 0 saturated heterocycles. The lowest BCUT2D eigenvalue weighted by Crippen LogP contribution is -1.97. The summed E-state index contributed by atoms with van der Waals surface area (Å²) in [6.45, 7) is 0. The summed E-state index contributed by atoms with van der Waals surface area (Å²) in [6.07, 6.45) is 1.17. The van der Waals surface area contributed by atoms with Gasteiger partial charge >= 0.3 is 0 Å². The lowest BCUT2D eigenvalue weighted by atomic mass is 10.4. The minimum absolute atomic E-state index is 0.474. The summed E-state index contributed by atoms with van der Waals surface area (Å²) in [5.41, 5.74) is 0. The van der Waals surface area contributed by atoms with Gasteiger partial charge in [-0.05, 0) is 30.7 Å². The van der Waals surface area contributed by atoms with Gasteiger partial charge < -0.3 is 0 Å². The van der Waals surface area contributed by atoms with Crippen molar-refractivity contribution in [1.82, 2.24) is 0 Å². The van der Waals surface area contributed by atoms with E-state index in [0.717, 1.165) is 9.37 Å². The van der Waals surface area contributed by atoms with Crippen molar-refractivity contribution in [3.8, 4) is 6.07 Å². The molecule has 1 aromatic rings. The quantitative estimate of drug-likeness (QED) is 0.791. The van der Waals surface area contributed by atoms with Crippen molar-refractivity contribution >= 4 is 26.7 Å². The minimum Gasteiger partial charge on any atom is -0.254 e. The molecule has 0 aliphatic rings. The molecule has 0 saturated carbocycles. The Morgan fingerprint density at radius 2 is 2.00 bits per heavy atom. The van der Waals surface area contributed by atoms with Crippen LogP contribution < -0.4 is 0 Å². The molecule has 0 fully saturated rings. The second kappa shape index (κ2) is 5.94. The Kier molecular flexibility index (Phi) is 4.85. The molecule has 0 aliphatic carbocycles. The zero-order chi connectivity index (χ0) is 10.4. The molecule has 1 rings (SSSR count). The molecule has 1 aromatic carbocycles. The van der Waals surface area contributed by atoms with Crippen molar-refractivity contribution in [2.45, 2.75) is 17.7 Å². The highest BCUT2D eigenvalue weighted by Gasteiger charge is 2.02. The molecule has 1 unspecified atom stereocenters. The summed E-state index contributed by atoms with van der Waals surface area (Å²) in [6, 6.07) is 9.47. The van der Waals surface area contributed by atoms with Crippen LogP contribution in [0, 0.1) is 11.3 Å². The van der Waals surface area contributed by atoms with Gasteiger partial charge in [0.25, 0.3) is 0 Å². The summed E-state index contributed by atoms with van der Waals surface area (Å²) < 4.78 is 12.6.